The molecule has 3 aromatic rings. The van der Waals surface area contributed by atoms with Gasteiger partial charge in [-0.25, -0.2) is 9.78 Å². The van der Waals surface area contributed by atoms with Gasteiger partial charge in [0.2, 0.25) is 0 Å². The van der Waals surface area contributed by atoms with Crippen LogP contribution >= 0.6 is 11.3 Å². The summed E-state index contributed by atoms with van der Waals surface area (Å²) in [5, 5.41) is 10.7. The topological polar surface area (TPSA) is 74.8 Å². The largest absolute Gasteiger partial charge is 0.465 e. The Morgan fingerprint density at radius 1 is 1.10 bits per heavy atom. The fourth-order valence-electron chi connectivity index (χ4n) is 6.44. The number of aryl methyl sites for hydroxylation is 1. The van der Waals surface area contributed by atoms with Gasteiger partial charge in [-0.3, -0.25) is 0 Å². The summed E-state index contributed by atoms with van der Waals surface area (Å²) < 4.78 is 8.61. The van der Waals surface area contributed by atoms with Crippen molar-refractivity contribution in [1.29, 1.82) is 0 Å². The molecule has 2 aromatic heterocycles. The zero-order chi connectivity index (χ0) is 20.3. The van der Waals surface area contributed by atoms with Crippen molar-refractivity contribution in [3.63, 3.8) is 0 Å². The first kappa shape index (κ1) is 18.3. The van der Waals surface area contributed by atoms with Crippen LogP contribution in [-0.4, -0.2) is 24.8 Å². The number of benzene rings is 1. The fourth-order valence-corrected chi connectivity index (χ4v) is 7.23. The summed E-state index contributed by atoms with van der Waals surface area (Å²) in [7, 11) is 1.59. The van der Waals surface area contributed by atoms with Crippen molar-refractivity contribution in [2.24, 2.45) is 24.8 Å². The van der Waals surface area contributed by atoms with Crippen molar-refractivity contribution in [2.45, 2.75) is 50.5 Å². The van der Waals surface area contributed by atoms with Crippen molar-refractivity contribution < 1.29 is 4.74 Å². The molecule has 2 heterocycles. The van der Waals surface area contributed by atoms with E-state index in [1.165, 1.54) is 53.6 Å². The molecule has 4 aliphatic rings. The Morgan fingerprint density at radius 3 is 2.47 bits per heavy atom. The van der Waals surface area contributed by atoms with Gasteiger partial charge >= 0.3 is 5.69 Å². The molecule has 30 heavy (non-hydrogen) atoms. The molecule has 4 fully saturated rings. The van der Waals surface area contributed by atoms with Crippen LogP contribution in [0, 0.1) is 17.8 Å². The van der Waals surface area contributed by atoms with Crippen LogP contribution in [0.3, 0.4) is 0 Å². The number of hydrogen-bond acceptors (Lipinski definition) is 6. The number of tetrazole rings is 1. The zero-order valence-electron chi connectivity index (χ0n) is 17.0. The molecule has 0 atom stereocenters. The Hall–Kier alpha value is -2.48. The van der Waals surface area contributed by atoms with Crippen LogP contribution in [0.5, 0.6) is 5.19 Å². The van der Waals surface area contributed by atoms with Crippen LogP contribution in [0.1, 0.15) is 49.8 Å². The molecule has 7 rings (SSSR count). The van der Waals surface area contributed by atoms with Gasteiger partial charge in [0, 0.05) is 23.4 Å². The molecule has 0 radical (unpaired) electrons. The first-order valence-corrected chi connectivity index (χ1v) is 11.6. The summed E-state index contributed by atoms with van der Waals surface area (Å²) in [6.45, 7) is 0.340. The van der Waals surface area contributed by atoms with Gasteiger partial charge in [0.25, 0.3) is 5.19 Å². The first-order valence-electron chi connectivity index (χ1n) is 10.8. The average Bonchev–Trinajstić information content (AvgIpc) is 3.34. The number of hydrogen-bond donors (Lipinski definition) is 0. The smallest absolute Gasteiger partial charge is 0.368 e. The number of aromatic nitrogens is 5. The normalized spacial score (nSPS) is 29.4. The lowest BCUT2D eigenvalue weighted by atomic mass is 9.49. The van der Waals surface area contributed by atoms with Gasteiger partial charge in [0.1, 0.15) is 6.61 Å². The SMILES string of the molecule is Cn1nnn(-c2ccccc2COc2nc(C34CC5CC(CC(C5)C3)C4)cs2)c1=O. The third kappa shape index (κ3) is 2.92. The van der Waals surface area contributed by atoms with Crippen LogP contribution in [0.4, 0.5) is 0 Å². The maximum absolute atomic E-state index is 12.3. The summed E-state index contributed by atoms with van der Waals surface area (Å²) in [4.78, 5) is 17.2. The summed E-state index contributed by atoms with van der Waals surface area (Å²) in [6.07, 6.45) is 8.23. The number of nitrogens with zero attached hydrogens (tertiary/aromatic N) is 5. The van der Waals surface area contributed by atoms with Crippen LogP contribution in [0.25, 0.3) is 5.69 Å². The van der Waals surface area contributed by atoms with E-state index in [0.29, 0.717) is 17.5 Å². The van der Waals surface area contributed by atoms with Gasteiger partial charge in [0.05, 0.1) is 11.4 Å². The van der Waals surface area contributed by atoms with E-state index in [1.54, 1.807) is 18.4 Å². The maximum Gasteiger partial charge on any atom is 0.368 e. The molecule has 0 aliphatic heterocycles. The summed E-state index contributed by atoms with van der Waals surface area (Å²) in [6, 6.07) is 7.63. The Morgan fingerprint density at radius 2 is 1.80 bits per heavy atom. The van der Waals surface area contributed by atoms with Crippen molar-refractivity contribution >= 4 is 11.3 Å². The minimum absolute atomic E-state index is 0.277. The molecular weight excluding hydrogens is 398 g/mol. The second-order valence-electron chi connectivity index (χ2n) is 9.41. The van der Waals surface area contributed by atoms with E-state index >= 15 is 0 Å². The number of thiazole rings is 1. The fraction of sp³-hybridized carbons (Fsp3) is 0.545. The Balaban J connectivity index is 1.22. The minimum Gasteiger partial charge on any atom is -0.465 e. The minimum atomic E-state index is -0.277. The highest BCUT2D eigenvalue weighted by molar-refractivity contribution is 7.11. The molecule has 4 bridgehead atoms. The maximum atomic E-state index is 12.3. The highest BCUT2D eigenvalue weighted by Crippen LogP contribution is 2.60. The lowest BCUT2D eigenvalue weighted by Gasteiger charge is -2.56. The van der Waals surface area contributed by atoms with Crippen molar-refractivity contribution in [3.8, 4) is 10.9 Å². The van der Waals surface area contributed by atoms with Crippen molar-refractivity contribution in [2.75, 3.05) is 0 Å². The van der Waals surface area contributed by atoms with E-state index in [9.17, 15) is 4.79 Å². The molecular formula is C22H25N5O2S. The van der Waals surface area contributed by atoms with E-state index in [0.717, 1.165) is 23.3 Å². The highest BCUT2D eigenvalue weighted by atomic mass is 32.1. The molecule has 4 aliphatic carbocycles. The van der Waals surface area contributed by atoms with Crippen molar-refractivity contribution in [1.82, 2.24) is 24.8 Å². The Kier molecular flexibility index (Phi) is 4.13. The Bertz CT molecular complexity index is 1110. The van der Waals surface area contributed by atoms with Gasteiger partial charge in [0.15, 0.2) is 0 Å². The quantitative estimate of drug-likeness (QED) is 0.628. The molecule has 156 valence electrons. The molecule has 0 unspecified atom stereocenters. The van der Waals surface area contributed by atoms with E-state index in [4.69, 9.17) is 9.72 Å². The third-order valence-electron chi connectivity index (χ3n) is 7.36. The van der Waals surface area contributed by atoms with Crippen LogP contribution in [0.2, 0.25) is 0 Å². The highest BCUT2D eigenvalue weighted by Gasteiger charge is 2.52. The molecule has 4 saturated carbocycles. The van der Waals surface area contributed by atoms with Crippen LogP contribution in [0.15, 0.2) is 34.4 Å². The van der Waals surface area contributed by atoms with Gasteiger partial charge in [-0.2, -0.15) is 9.36 Å². The monoisotopic (exact) mass is 423 g/mol. The third-order valence-corrected chi connectivity index (χ3v) is 8.11. The van der Waals surface area contributed by atoms with E-state index in [1.807, 2.05) is 24.3 Å². The molecule has 0 N–H and O–H groups in total. The van der Waals surface area contributed by atoms with Crippen molar-refractivity contribution in [3.05, 3.63) is 51.4 Å². The van der Waals surface area contributed by atoms with E-state index < -0.39 is 0 Å². The lowest BCUT2D eigenvalue weighted by molar-refractivity contribution is -0.00711. The average molecular weight is 424 g/mol. The summed E-state index contributed by atoms with van der Waals surface area (Å²) in [5.41, 5.74) is 2.83. The predicted molar refractivity (Wildman–Crippen MR) is 113 cm³/mol. The standard InChI is InChI=1S/C22H25N5O2S/c1-26-21(28)27(25-24-26)18-5-3-2-4-17(18)12-29-20-23-19(13-30-20)22-9-14-6-15(10-22)8-16(7-14)11-22/h2-5,13-16H,6-12H2,1H3. The molecule has 0 amide bonds. The molecule has 0 saturated heterocycles. The number of rotatable bonds is 5. The van der Waals surface area contributed by atoms with Gasteiger partial charge in [-0.15, -0.1) is 0 Å². The van der Waals surface area contributed by atoms with Gasteiger partial charge in [-0.1, -0.05) is 29.5 Å². The number of ether oxygens (including phenoxy) is 1. The molecule has 1 aromatic carbocycles. The number of para-hydroxylation sites is 1. The first-order chi connectivity index (χ1) is 14.6. The molecule has 7 nitrogen and oxygen atoms in total. The van der Waals surface area contributed by atoms with Crippen LogP contribution in [-0.2, 0) is 19.1 Å². The van der Waals surface area contributed by atoms with Gasteiger partial charge in [-0.05, 0) is 72.8 Å². The van der Waals surface area contributed by atoms with E-state index in [-0.39, 0.29) is 11.1 Å². The molecule has 0 spiro atoms. The zero-order valence-corrected chi connectivity index (χ0v) is 17.8. The van der Waals surface area contributed by atoms with Crippen LogP contribution < -0.4 is 10.4 Å². The summed E-state index contributed by atoms with van der Waals surface area (Å²) >= 11 is 1.59. The second kappa shape index (κ2) is 6.77. The second-order valence-corrected chi connectivity index (χ2v) is 10.2. The lowest BCUT2D eigenvalue weighted by Crippen LogP contribution is -2.48. The van der Waals surface area contributed by atoms with E-state index in [2.05, 4.69) is 15.8 Å². The summed E-state index contributed by atoms with van der Waals surface area (Å²) in [5.74, 6) is 2.71. The Labute approximate surface area is 178 Å². The molecule has 8 heteroatoms. The van der Waals surface area contributed by atoms with Gasteiger partial charge < -0.3 is 4.74 Å². The predicted octanol–water partition coefficient (Wildman–Crippen LogP) is 3.47.